The van der Waals surface area contributed by atoms with Crippen LogP contribution >= 0.6 is 24.0 Å². The third-order valence-electron chi connectivity index (χ3n) is 4.18. The first-order valence-corrected chi connectivity index (χ1v) is 8.33. The van der Waals surface area contributed by atoms with Gasteiger partial charge in [-0.1, -0.05) is 36.7 Å². The van der Waals surface area contributed by atoms with Crippen molar-refractivity contribution < 1.29 is 0 Å². The zero-order chi connectivity index (χ0) is 16.2. The minimum absolute atomic E-state index is 0. The summed E-state index contributed by atoms with van der Waals surface area (Å²) in [4.78, 5) is 21.5. The molecule has 0 amide bonds. The van der Waals surface area contributed by atoms with Gasteiger partial charge in [-0.05, 0) is 18.1 Å². The number of aryl methyl sites for hydroxylation is 1. The Labute approximate surface area is 152 Å². The number of hydrogen-bond donors (Lipinski definition) is 2. The maximum absolute atomic E-state index is 11.8. The summed E-state index contributed by atoms with van der Waals surface area (Å²) in [6.45, 7) is 5.25. The topological polar surface area (TPSA) is 61.0 Å². The van der Waals surface area contributed by atoms with Crippen molar-refractivity contribution in [2.45, 2.75) is 25.9 Å². The van der Waals surface area contributed by atoms with E-state index < -0.39 is 0 Å². The number of benzene rings is 1. The van der Waals surface area contributed by atoms with E-state index in [1.807, 2.05) is 25.1 Å². The molecule has 0 spiro atoms. The molecule has 1 aliphatic heterocycles. The van der Waals surface area contributed by atoms with Crippen molar-refractivity contribution in [3.05, 3.63) is 62.8 Å². The van der Waals surface area contributed by atoms with Crippen molar-refractivity contribution in [3.8, 4) is 0 Å². The van der Waals surface area contributed by atoms with Crippen LogP contribution in [-0.2, 0) is 13.0 Å². The second-order valence-corrected chi connectivity index (χ2v) is 6.16. The number of aromatic nitrogens is 2. The second-order valence-electron chi connectivity index (χ2n) is 5.75. The molecule has 1 aliphatic rings. The Hall–Kier alpha value is -1.40. The zero-order valence-electron chi connectivity index (χ0n) is 13.6. The van der Waals surface area contributed by atoms with Crippen LogP contribution in [0.3, 0.4) is 0 Å². The van der Waals surface area contributed by atoms with Gasteiger partial charge in [0.05, 0.1) is 6.54 Å². The predicted octanol–water partition coefficient (Wildman–Crippen LogP) is 2.55. The second kappa shape index (κ2) is 8.62. The van der Waals surface area contributed by atoms with Gasteiger partial charge in [-0.3, -0.25) is 9.69 Å². The molecule has 1 aromatic heterocycles. The minimum Gasteiger partial charge on any atom is -0.314 e. The van der Waals surface area contributed by atoms with Gasteiger partial charge in [0.15, 0.2) is 0 Å². The number of aromatic amines is 1. The van der Waals surface area contributed by atoms with E-state index in [0.717, 1.165) is 42.3 Å². The van der Waals surface area contributed by atoms with Gasteiger partial charge in [-0.25, -0.2) is 4.98 Å². The smallest absolute Gasteiger partial charge is 0.251 e. The maximum atomic E-state index is 11.8. The van der Waals surface area contributed by atoms with Crippen molar-refractivity contribution >= 4 is 24.0 Å². The SMILES string of the molecule is CCc1cc(=O)[nH]c(CN2CCNCC2c2ccccc2Cl)n1.Cl. The fourth-order valence-corrected chi connectivity index (χ4v) is 3.26. The predicted molar refractivity (Wildman–Crippen MR) is 99.0 cm³/mol. The van der Waals surface area contributed by atoms with Crippen LogP contribution in [0.1, 0.15) is 30.0 Å². The first-order valence-electron chi connectivity index (χ1n) is 7.95. The third kappa shape index (κ3) is 4.36. The maximum Gasteiger partial charge on any atom is 0.251 e. The molecule has 1 aromatic carbocycles. The lowest BCUT2D eigenvalue weighted by Gasteiger charge is -2.36. The normalized spacial score (nSPS) is 18.2. The average molecular weight is 369 g/mol. The molecule has 0 radical (unpaired) electrons. The number of H-pyrrole nitrogens is 1. The van der Waals surface area contributed by atoms with E-state index in [0.29, 0.717) is 12.4 Å². The molecule has 7 heteroatoms. The van der Waals surface area contributed by atoms with Gasteiger partial charge in [0, 0.05) is 42.5 Å². The van der Waals surface area contributed by atoms with E-state index in [4.69, 9.17) is 11.6 Å². The first-order chi connectivity index (χ1) is 11.2. The fourth-order valence-electron chi connectivity index (χ4n) is 3.00. The van der Waals surface area contributed by atoms with Crippen molar-refractivity contribution in [2.24, 2.45) is 0 Å². The van der Waals surface area contributed by atoms with E-state index in [1.165, 1.54) is 0 Å². The van der Waals surface area contributed by atoms with Gasteiger partial charge < -0.3 is 10.3 Å². The lowest BCUT2D eigenvalue weighted by atomic mass is 10.0. The first kappa shape index (κ1) is 18.9. The van der Waals surface area contributed by atoms with Crippen molar-refractivity contribution in [1.29, 1.82) is 0 Å². The highest BCUT2D eigenvalue weighted by Gasteiger charge is 2.26. The Morgan fingerprint density at radius 2 is 2.17 bits per heavy atom. The Kier molecular flexibility index (Phi) is 6.80. The molecule has 0 bridgehead atoms. The fraction of sp³-hybridized carbons (Fsp3) is 0.412. The van der Waals surface area contributed by atoms with Crippen molar-refractivity contribution in [2.75, 3.05) is 19.6 Å². The summed E-state index contributed by atoms with van der Waals surface area (Å²) in [6, 6.07) is 9.66. The van der Waals surface area contributed by atoms with E-state index in [9.17, 15) is 4.79 Å². The Balaban J connectivity index is 0.00000208. The number of piperazine rings is 1. The van der Waals surface area contributed by atoms with Gasteiger partial charge in [-0.15, -0.1) is 12.4 Å². The molecule has 1 saturated heterocycles. The lowest BCUT2D eigenvalue weighted by molar-refractivity contribution is 0.149. The van der Waals surface area contributed by atoms with Crippen LogP contribution in [0.4, 0.5) is 0 Å². The summed E-state index contributed by atoms with van der Waals surface area (Å²) in [5.74, 6) is 0.716. The van der Waals surface area contributed by atoms with Crippen LogP contribution < -0.4 is 10.9 Å². The minimum atomic E-state index is -0.0868. The monoisotopic (exact) mass is 368 g/mol. The highest BCUT2D eigenvalue weighted by Crippen LogP contribution is 2.29. The van der Waals surface area contributed by atoms with Gasteiger partial charge in [0.25, 0.3) is 5.56 Å². The van der Waals surface area contributed by atoms with Crippen LogP contribution in [0, 0.1) is 0 Å². The van der Waals surface area contributed by atoms with Crippen LogP contribution in [0.5, 0.6) is 0 Å². The molecule has 1 unspecified atom stereocenters. The molecule has 2 aromatic rings. The summed E-state index contributed by atoms with van der Waals surface area (Å²) < 4.78 is 0. The molecular formula is C17H22Cl2N4O. The molecule has 2 heterocycles. The molecule has 0 saturated carbocycles. The zero-order valence-corrected chi connectivity index (χ0v) is 15.2. The highest BCUT2D eigenvalue weighted by atomic mass is 35.5. The van der Waals surface area contributed by atoms with Crippen molar-refractivity contribution in [3.63, 3.8) is 0 Å². The molecule has 1 atom stereocenters. The average Bonchev–Trinajstić information content (AvgIpc) is 2.55. The number of nitrogens with zero attached hydrogens (tertiary/aromatic N) is 2. The van der Waals surface area contributed by atoms with E-state index in [-0.39, 0.29) is 24.0 Å². The van der Waals surface area contributed by atoms with Gasteiger partial charge in [0.2, 0.25) is 0 Å². The number of hydrogen-bond acceptors (Lipinski definition) is 4. The molecular weight excluding hydrogens is 347 g/mol. The number of nitrogens with one attached hydrogen (secondary N) is 2. The summed E-state index contributed by atoms with van der Waals surface area (Å²) >= 11 is 6.37. The molecule has 1 fully saturated rings. The molecule has 2 N–H and O–H groups in total. The Morgan fingerprint density at radius 1 is 1.38 bits per heavy atom. The van der Waals surface area contributed by atoms with Crippen LogP contribution in [0.15, 0.2) is 35.1 Å². The van der Waals surface area contributed by atoms with Crippen LogP contribution in [0.2, 0.25) is 5.02 Å². The standard InChI is InChI=1S/C17H21ClN4O.ClH/c1-2-12-9-17(23)21-16(20-12)11-22-8-7-19-10-15(22)13-5-3-4-6-14(13)18;/h3-6,9,15,19H,2,7-8,10-11H2,1H3,(H,20,21,23);1H. The number of rotatable bonds is 4. The molecule has 24 heavy (non-hydrogen) atoms. The molecule has 5 nitrogen and oxygen atoms in total. The summed E-state index contributed by atoms with van der Waals surface area (Å²) in [6.07, 6.45) is 0.756. The van der Waals surface area contributed by atoms with Crippen LogP contribution in [0.25, 0.3) is 0 Å². The van der Waals surface area contributed by atoms with E-state index in [2.05, 4.69) is 26.3 Å². The summed E-state index contributed by atoms with van der Waals surface area (Å²) in [5.41, 5.74) is 1.85. The van der Waals surface area contributed by atoms with Crippen LogP contribution in [-0.4, -0.2) is 34.5 Å². The van der Waals surface area contributed by atoms with E-state index in [1.54, 1.807) is 6.07 Å². The Morgan fingerprint density at radius 3 is 2.92 bits per heavy atom. The lowest BCUT2D eigenvalue weighted by Crippen LogP contribution is -2.46. The highest BCUT2D eigenvalue weighted by molar-refractivity contribution is 6.31. The molecule has 3 rings (SSSR count). The molecule has 130 valence electrons. The quantitative estimate of drug-likeness (QED) is 0.870. The van der Waals surface area contributed by atoms with Gasteiger partial charge in [-0.2, -0.15) is 0 Å². The summed E-state index contributed by atoms with van der Waals surface area (Å²) in [5, 5.41) is 4.19. The van der Waals surface area contributed by atoms with E-state index >= 15 is 0 Å². The van der Waals surface area contributed by atoms with Gasteiger partial charge in [0.1, 0.15) is 5.82 Å². The third-order valence-corrected chi connectivity index (χ3v) is 4.52. The Bertz CT molecular complexity index is 735. The molecule has 0 aliphatic carbocycles. The summed E-state index contributed by atoms with van der Waals surface area (Å²) in [7, 11) is 0. The van der Waals surface area contributed by atoms with Crippen molar-refractivity contribution in [1.82, 2.24) is 20.2 Å². The van der Waals surface area contributed by atoms with Gasteiger partial charge >= 0.3 is 0 Å². The number of halogens is 2. The largest absolute Gasteiger partial charge is 0.314 e.